The second kappa shape index (κ2) is 14.2. The van der Waals surface area contributed by atoms with Crippen LogP contribution in [0.3, 0.4) is 0 Å². The molecule has 0 aromatic carbocycles. The first-order valence-corrected chi connectivity index (χ1v) is 8.53. The highest BCUT2D eigenvalue weighted by atomic mass is 127. The maximum absolute atomic E-state index is 5.76. The van der Waals surface area contributed by atoms with E-state index in [1.165, 1.54) is 0 Å². The Morgan fingerprint density at radius 2 is 1.87 bits per heavy atom. The van der Waals surface area contributed by atoms with E-state index in [1.807, 2.05) is 7.05 Å². The minimum Gasteiger partial charge on any atom is -0.379 e. The Kier molecular flexibility index (Phi) is 14.2. The largest absolute Gasteiger partial charge is 0.379 e. The van der Waals surface area contributed by atoms with Crippen molar-refractivity contribution in [1.29, 1.82) is 0 Å². The molecule has 23 heavy (non-hydrogen) atoms. The summed E-state index contributed by atoms with van der Waals surface area (Å²) in [5.74, 6) is 1.41. The fourth-order valence-corrected chi connectivity index (χ4v) is 2.53. The molecule has 138 valence electrons. The van der Waals surface area contributed by atoms with E-state index in [2.05, 4.69) is 41.3 Å². The maximum atomic E-state index is 5.76. The zero-order valence-corrected chi connectivity index (χ0v) is 17.5. The molecule has 1 aliphatic rings. The Labute approximate surface area is 158 Å². The molecule has 6 nitrogen and oxygen atoms in total. The number of ether oxygens (including phenoxy) is 2. The molecule has 0 aromatic rings. The molecule has 0 spiro atoms. The van der Waals surface area contributed by atoms with Crippen LogP contribution in [0, 0.1) is 5.92 Å². The van der Waals surface area contributed by atoms with Crippen molar-refractivity contribution in [2.24, 2.45) is 10.9 Å². The van der Waals surface area contributed by atoms with Crippen molar-refractivity contribution in [3.63, 3.8) is 0 Å². The molecule has 0 aromatic heterocycles. The molecular weight excluding hydrogens is 407 g/mol. The SMILES string of the molecule is CCOC(CCNC(=NC)NCCN1CCOCC1)C(C)C.I. The molecule has 0 radical (unpaired) electrons. The highest BCUT2D eigenvalue weighted by Gasteiger charge is 2.13. The minimum atomic E-state index is 0. The van der Waals surface area contributed by atoms with Crippen LogP contribution < -0.4 is 10.6 Å². The molecule has 1 atom stereocenters. The predicted octanol–water partition coefficient (Wildman–Crippen LogP) is 1.55. The summed E-state index contributed by atoms with van der Waals surface area (Å²) >= 11 is 0. The molecule has 0 bridgehead atoms. The number of morpholine rings is 1. The predicted molar refractivity (Wildman–Crippen MR) is 107 cm³/mol. The van der Waals surface area contributed by atoms with Crippen LogP contribution in [-0.2, 0) is 9.47 Å². The third kappa shape index (κ3) is 10.4. The number of guanidine groups is 1. The summed E-state index contributed by atoms with van der Waals surface area (Å²) in [6, 6.07) is 0. The summed E-state index contributed by atoms with van der Waals surface area (Å²) in [7, 11) is 1.81. The molecule has 0 aliphatic carbocycles. The van der Waals surface area contributed by atoms with E-state index in [1.54, 1.807) is 0 Å². The summed E-state index contributed by atoms with van der Waals surface area (Å²) in [6.45, 7) is 13.8. The van der Waals surface area contributed by atoms with Crippen molar-refractivity contribution in [1.82, 2.24) is 15.5 Å². The van der Waals surface area contributed by atoms with Crippen LogP contribution in [0.5, 0.6) is 0 Å². The molecule has 1 heterocycles. The van der Waals surface area contributed by atoms with Gasteiger partial charge >= 0.3 is 0 Å². The number of aliphatic imine (C=N–C) groups is 1. The second-order valence-corrected chi connectivity index (χ2v) is 5.91. The first-order valence-electron chi connectivity index (χ1n) is 8.53. The van der Waals surface area contributed by atoms with Gasteiger partial charge in [0, 0.05) is 46.4 Å². The van der Waals surface area contributed by atoms with Crippen molar-refractivity contribution < 1.29 is 9.47 Å². The van der Waals surface area contributed by atoms with Crippen molar-refractivity contribution in [3.8, 4) is 0 Å². The van der Waals surface area contributed by atoms with E-state index < -0.39 is 0 Å². The van der Waals surface area contributed by atoms with Gasteiger partial charge in [-0.3, -0.25) is 9.89 Å². The lowest BCUT2D eigenvalue weighted by Crippen LogP contribution is -2.45. The highest BCUT2D eigenvalue weighted by molar-refractivity contribution is 14.0. The van der Waals surface area contributed by atoms with Gasteiger partial charge in [-0.15, -0.1) is 24.0 Å². The molecule has 1 saturated heterocycles. The number of rotatable bonds is 9. The average molecular weight is 442 g/mol. The summed E-state index contributed by atoms with van der Waals surface area (Å²) in [6.07, 6.45) is 1.30. The van der Waals surface area contributed by atoms with Gasteiger partial charge in [-0.25, -0.2) is 0 Å². The normalized spacial score (nSPS) is 17.7. The maximum Gasteiger partial charge on any atom is 0.191 e. The summed E-state index contributed by atoms with van der Waals surface area (Å²) < 4.78 is 11.1. The fraction of sp³-hybridized carbons (Fsp3) is 0.938. The Morgan fingerprint density at radius 3 is 2.43 bits per heavy atom. The van der Waals surface area contributed by atoms with Gasteiger partial charge in [0.2, 0.25) is 0 Å². The van der Waals surface area contributed by atoms with E-state index in [-0.39, 0.29) is 24.0 Å². The fourth-order valence-electron chi connectivity index (χ4n) is 2.53. The minimum absolute atomic E-state index is 0. The average Bonchev–Trinajstić information content (AvgIpc) is 2.53. The Hall–Kier alpha value is -0.120. The highest BCUT2D eigenvalue weighted by Crippen LogP contribution is 2.09. The number of halogens is 1. The van der Waals surface area contributed by atoms with Crippen molar-refractivity contribution in [2.45, 2.75) is 33.3 Å². The van der Waals surface area contributed by atoms with Crippen molar-refractivity contribution >= 4 is 29.9 Å². The zero-order valence-electron chi connectivity index (χ0n) is 15.1. The molecule has 2 N–H and O–H groups in total. The van der Waals surface area contributed by atoms with Gasteiger partial charge < -0.3 is 20.1 Å². The van der Waals surface area contributed by atoms with E-state index in [9.17, 15) is 0 Å². The zero-order chi connectivity index (χ0) is 16.2. The van der Waals surface area contributed by atoms with Crippen LogP contribution in [0.4, 0.5) is 0 Å². The van der Waals surface area contributed by atoms with Gasteiger partial charge in [0.1, 0.15) is 0 Å². The van der Waals surface area contributed by atoms with E-state index >= 15 is 0 Å². The van der Waals surface area contributed by atoms with Crippen LogP contribution in [0.15, 0.2) is 4.99 Å². The lowest BCUT2D eigenvalue weighted by molar-refractivity contribution is 0.0258. The standard InChI is InChI=1S/C16H34N4O2.HI/c1-5-22-15(14(2)3)6-7-18-16(17-4)19-8-9-20-10-12-21-13-11-20;/h14-15H,5-13H2,1-4H3,(H2,17,18,19);1H. The number of hydrogen-bond acceptors (Lipinski definition) is 4. The molecule has 0 saturated carbocycles. The quantitative estimate of drug-likeness (QED) is 0.323. The Bertz CT molecular complexity index is 310. The van der Waals surface area contributed by atoms with Crippen LogP contribution in [0.1, 0.15) is 27.2 Å². The number of hydrogen-bond donors (Lipinski definition) is 2. The molecular formula is C16H35IN4O2. The van der Waals surface area contributed by atoms with Gasteiger partial charge in [-0.05, 0) is 19.3 Å². The van der Waals surface area contributed by atoms with E-state index in [0.29, 0.717) is 12.0 Å². The first-order chi connectivity index (χ1) is 10.7. The summed E-state index contributed by atoms with van der Waals surface area (Å²) in [5, 5.41) is 6.73. The Morgan fingerprint density at radius 1 is 1.22 bits per heavy atom. The van der Waals surface area contributed by atoms with E-state index in [0.717, 1.165) is 64.9 Å². The lowest BCUT2D eigenvalue weighted by Gasteiger charge is -2.27. The first kappa shape index (κ1) is 22.9. The van der Waals surface area contributed by atoms with Crippen molar-refractivity contribution in [2.75, 3.05) is 59.6 Å². The van der Waals surface area contributed by atoms with Crippen molar-refractivity contribution in [3.05, 3.63) is 0 Å². The van der Waals surface area contributed by atoms with Crippen LogP contribution in [0.2, 0.25) is 0 Å². The monoisotopic (exact) mass is 442 g/mol. The molecule has 1 fully saturated rings. The van der Waals surface area contributed by atoms with Gasteiger partial charge in [-0.2, -0.15) is 0 Å². The molecule has 1 rings (SSSR count). The number of nitrogens with one attached hydrogen (secondary N) is 2. The molecule has 7 heteroatoms. The molecule has 1 aliphatic heterocycles. The summed E-state index contributed by atoms with van der Waals surface area (Å²) in [4.78, 5) is 6.68. The smallest absolute Gasteiger partial charge is 0.191 e. The van der Waals surface area contributed by atoms with Gasteiger partial charge in [0.05, 0.1) is 19.3 Å². The summed E-state index contributed by atoms with van der Waals surface area (Å²) in [5.41, 5.74) is 0. The number of nitrogens with zero attached hydrogens (tertiary/aromatic N) is 2. The third-order valence-corrected chi connectivity index (χ3v) is 3.89. The molecule has 0 amide bonds. The molecule has 1 unspecified atom stereocenters. The van der Waals surface area contributed by atoms with Gasteiger partial charge in [-0.1, -0.05) is 13.8 Å². The topological polar surface area (TPSA) is 58.1 Å². The lowest BCUT2D eigenvalue weighted by atomic mass is 10.0. The van der Waals surface area contributed by atoms with Crippen LogP contribution >= 0.6 is 24.0 Å². The van der Waals surface area contributed by atoms with Gasteiger partial charge in [0.15, 0.2) is 5.96 Å². The third-order valence-electron chi connectivity index (χ3n) is 3.89. The second-order valence-electron chi connectivity index (χ2n) is 5.91. The van der Waals surface area contributed by atoms with E-state index in [4.69, 9.17) is 9.47 Å². The van der Waals surface area contributed by atoms with Crippen LogP contribution in [0.25, 0.3) is 0 Å². The Balaban J connectivity index is 0.00000484. The van der Waals surface area contributed by atoms with Gasteiger partial charge in [0.25, 0.3) is 0 Å². The van der Waals surface area contributed by atoms with Crippen LogP contribution in [-0.4, -0.2) is 76.6 Å².